The highest BCUT2D eigenvalue weighted by Crippen LogP contribution is 2.22. The molecule has 2 heterocycles. The molecule has 2 fully saturated rings. The standard InChI is InChI=1S/C9H19NO3.C8H16O2.2C2H6/c1-6-9(10-2)7(11-3)5-8(12-4)13-6;1-6-4-8(9-3)5-7(2)10-6;2*1-2/h6-10H,5H2,1-4H3;6-8H,4-5H2,1-3H3;2*1-2H3/t6?,7?,8-,9?;;;/m1.../s1. The van der Waals surface area contributed by atoms with E-state index >= 15 is 0 Å². The first kappa shape index (κ1) is 29.0. The fraction of sp³-hybridized carbons (Fsp3) is 1.00. The average molecular weight is 394 g/mol. The molecule has 0 radical (unpaired) electrons. The summed E-state index contributed by atoms with van der Waals surface area (Å²) in [5.41, 5.74) is 0. The van der Waals surface area contributed by atoms with Gasteiger partial charge < -0.3 is 29.0 Å². The Morgan fingerprint density at radius 2 is 1.26 bits per heavy atom. The molecule has 2 rings (SSSR count). The minimum atomic E-state index is -0.135. The quantitative estimate of drug-likeness (QED) is 0.779. The Morgan fingerprint density at radius 1 is 0.741 bits per heavy atom. The molecule has 0 aromatic carbocycles. The Hall–Kier alpha value is -0.240. The highest BCUT2D eigenvalue weighted by atomic mass is 16.7. The highest BCUT2D eigenvalue weighted by molar-refractivity contribution is 4.86. The Bertz CT molecular complexity index is 309. The molecule has 6 heteroatoms. The number of hydrogen-bond acceptors (Lipinski definition) is 6. The van der Waals surface area contributed by atoms with Crippen LogP contribution in [0, 0.1) is 0 Å². The van der Waals surface area contributed by atoms with E-state index in [1.807, 2.05) is 41.7 Å². The summed E-state index contributed by atoms with van der Waals surface area (Å²) in [6, 6.07) is 0.247. The minimum Gasteiger partial charge on any atom is -0.381 e. The third-order valence-electron chi connectivity index (χ3n) is 4.58. The minimum absolute atomic E-state index is 0.119. The van der Waals surface area contributed by atoms with Gasteiger partial charge in [-0.05, 0) is 40.7 Å². The van der Waals surface area contributed by atoms with Crippen LogP contribution in [0.3, 0.4) is 0 Å². The molecule has 0 aromatic heterocycles. The molecular formula is C21H47NO5. The number of likely N-dealkylation sites (N-methyl/N-ethyl adjacent to an activating group) is 1. The number of methoxy groups -OCH3 is 3. The van der Waals surface area contributed by atoms with Gasteiger partial charge in [-0.25, -0.2) is 0 Å². The monoisotopic (exact) mass is 393 g/mol. The second-order valence-electron chi connectivity index (χ2n) is 6.42. The van der Waals surface area contributed by atoms with Crippen LogP contribution in [0.5, 0.6) is 0 Å². The normalized spacial score (nSPS) is 35.4. The van der Waals surface area contributed by atoms with Crippen molar-refractivity contribution in [2.45, 2.75) is 111 Å². The Balaban J connectivity index is 0. The highest BCUT2D eigenvalue weighted by Gasteiger charge is 2.35. The maximum absolute atomic E-state index is 5.61. The lowest BCUT2D eigenvalue weighted by molar-refractivity contribution is -0.213. The predicted molar refractivity (Wildman–Crippen MR) is 112 cm³/mol. The van der Waals surface area contributed by atoms with Crippen LogP contribution < -0.4 is 5.32 Å². The summed E-state index contributed by atoms with van der Waals surface area (Å²) in [5, 5.41) is 3.19. The summed E-state index contributed by atoms with van der Waals surface area (Å²) in [6.07, 6.45) is 4.17. The first-order chi connectivity index (χ1) is 12.9. The van der Waals surface area contributed by atoms with E-state index < -0.39 is 0 Å². The molecular weight excluding hydrogens is 346 g/mol. The van der Waals surface area contributed by atoms with Crippen molar-refractivity contribution in [3.05, 3.63) is 0 Å². The number of ether oxygens (including phenoxy) is 5. The number of rotatable bonds is 4. The van der Waals surface area contributed by atoms with Crippen molar-refractivity contribution < 1.29 is 23.7 Å². The van der Waals surface area contributed by atoms with Gasteiger partial charge in [-0.3, -0.25) is 0 Å². The molecule has 6 nitrogen and oxygen atoms in total. The summed E-state index contributed by atoms with van der Waals surface area (Å²) in [5.74, 6) is 0. The zero-order valence-electron chi connectivity index (χ0n) is 19.7. The van der Waals surface area contributed by atoms with Crippen molar-refractivity contribution in [1.29, 1.82) is 0 Å². The topological polar surface area (TPSA) is 58.2 Å². The third kappa shape index (κ3) is 11.4. The van der Waals surface area contributed by atoms with Gasteiger partial charge in [-0.15, -0.1) is 0 Å². The van der Waals surface area contributed by atoms with Gasteiger partial charge >= 0.3 is 0 Å². The molecule has 5 unspecified atom stereocenters. The largest absolute Gasteiger partial charge is 0.381 e. The number of hydrogen-bond donors (Lipinski definition) is 1. The van der Waals surface area contributed by atoms with E-state index in [0.29, 0.717) is 18.3 Å². The van der Waals surface area contributed by atoms with Gasteiger partial charge in [0.2, 0.25) is 0 Å². The van der Waals surface area contributed by atoms with Crippen LogP contribution in [0.15, 0.2) is 0 Å². The first-order valence-corrected chi connectivity index (χ1v) is 10.5. The van der Waals surface area contributed by atoms with E-state index in [1.54, 1.807) is 21.3 Å². The van der Waals surface area contributed by atoms with E-state index in [0.717, 1.165) is 19.3 Å². The fourth-order valence-corrected chi connectivity index (χ4v) is 3.37. The lowest BCUT2D eigenvalue weighted by Crippen LogP contribution is -2.54. The van der Waals surface area contributed by atoms with Crippen molar-refractivity contribution in [1.82, 2.24) is 5.32 Å². The molecule has 1 N–H and O–H groups in total. The average Bonchev–Trinajstić information content (AvgIpc) is 2.70. The van der Waals surface area contributed by atoms with Crippen molar-refractivity contribution >= 4 is 0 Å². The van der Waals surface area contributed by atoms with Crippen molar-refractivity contribution in [2.24, 2.45) is 0 Å². The van der Waals surface area contributed by atoms with Crippen LogP contribution in [-0.2, 0) is 23.7 Å². The van der Waals surface area contributed by atoms with Gasteiger partial charge in [0.05, 0.1) is 36.6 Å². The zero-order valence-corrected chi connectivity index (χ0v) is 19.7. The van der Waals surface area contributed by atoms with Crippen LogP contribution in [-0.4, -0.2) is 71.2 Å². The molecule has 0 bridgehead atoms. The molecule has 0 spiro atoms. The molecule has 27 heavy (non-hydrogen) atoms. The van der Waals surface area contributed by atoms with Gasteiger partial charge in [-0.2, -0.15) is 0 Å². The Morgan fingerprint density at radius 3 is 1.63 bits per heavy atom. The maximum atomic E-state index is 5.61. The molecule has 0 aliphatic carbocycles. The van der Waals surface area contributed by atoms with Crippen molar-refractivity contribution in [3.8, 4) is 0 Å². The third-order valence-corrected chi connectivity index (χ3v) is 4.58. The lowest BCUT2D eigenvalue weighted by atomic mass is 9.99. The molecule has 0 aromatic rings. The second-order valence-corrected chi connectivity index (χ2v) is 6.42. The van der Waals surface area contributed by atoms with Crippen LogP contribution in [0.2, 0.25) is 0 Å². The molecule has 6 atom stereocenters. The van der Waals surface area contributed by atoms with Gasteiger partial charge in [0.25, 0.3) is 0 Å². The van der Waals surface area contributed by atoms with Gasteiger partial charge in [0, 0.05) is 27.8 Å². The summed E-state index contributed by atoms with van der Waals surface area (Å²) in [4.78, 5) is 0. The first-order valence-electron chi connectivity index (χ1n) is 10.5. The van der Waals surface area contributed by atoms with Crippen LogP contribution in [0.4, 0.5) is 0 Å². The summed E-state index contributed by atoms with van der Waals surface area (Å²) < 4.78 is 26.9. The lowest BCUT2D eigenvalue weighted by Gasteiger charge is -2.39. The van der Waals surface area contributed by atoms with Gasteiger partial charge in [-0.1, -0.05) is 27.7 Å². The summed E-state index contributed by atoms with van der Waals surface area (Å²) in [6.45, 7) is 14.2. The molecule has 2 aliphatic heterocycles. The molecule has 0 amide bonds. The smallest absolute Gasteiger partial charge is 0.160 e. The fourth-order valence-electron chi connectivity index (χ4n) is 3.37. The van der Waals surface area contributed by atoms with Gasteiger partial charge in [0.15, 0.2) is 6.29 Å². The summed E-state index contributed by atoms with van der Waals surface area (Å²) >= 11 is 0. The van der Waals surface area contributed by atoms with Crippen LogP contribution in [0.25, 0.3) is 0 Å². The van der Waals surface area contributed by atoms with E-state index in [9.17, 15) is 0 Å². The van der Waals surface area contributed by atoms with E-state index in [2.05, 4.69) is 19.2 Å². The second kappa shape index (κ2) is 17.8. The Kier molecular flexibility index (Phi) is 19.1. The SMILES string of the molecule is CC.CC.CNC1C(C)O[C@@H](OC)CC1OC.COC1CC(C)OC(C)C1. The van der Waals surface area contributed by atoms with Crippen LogP contribution in [0.1, 0.15) is 67.7 Å². The zero-order chi connectivity index (χ0) is 21.4. The summed E-state index contributed by atoms with van der Waals surface area (Å²) in [7, 11) is 7.07. The molecule has 0 saturated carbocycles. The molecule has 2 saturated heterocycles. The molecule has 166 valence electrons. The van der Waals surface area contributed by atoms with E-state index in [1.165, 1.54) is 0 Å². The van der Waals surface area contributed by atoms with Gasteiger partial charge in [0.1, 0.15) is 0 Å². The van der Waals surface area contributed by atoms with E-state index in [4.69, 9.17) is 23.7 Å². The maximum Gasteiger partial charge on any atom is 0.160 e. The molecule has 2 aliphatic rings. The van der Waals surface area contributed by atoms with Crippen molar-refractivity contribution in [3.63, 3.8) is 0 Å². The van der Waals surface area contributed by atoms with Crippen LogP contribution >= 0.6 is 0 Å². The van der Waals surface area contributed by atoms with E-state index in [-0.39, 0.29) is 24.5 Å². The Labute approximate surface area is 168 Å². The number of nitrogens with one attached hydrogen (secondary N) is 1. The predicted octanol–water partition coefficient (Wildman–Crippen LogP) is 4.01. The van der Waals surface area contributed by atoms with Crippen molar-refractivity contribution in [2.75, 3.05) is 28.4 Å².